The molecule has 4 aromatic carbocycles. The van der Waals surface area contributed by atoms with Gasteiger partial charge in [0.15, 0.2) is 0 Å². The van der Waals surface area contributed by atoms with Gasteiger partial charge in [0.25, 0.3) is 0 Å². The van der Waals surface area contributed by atoms with E-state index in [0.29, 0.717) is 0 Å². The first-order valence-corrected chi connectivity index (χ1v) is 25.2. The number of hydrogen-bond donors (Lipinski definition) is 8. The molecule has 4 aromatic rings. The number of nitrogens with zero attached hydrogens (tertiary/aromatic N) is 2. The number of carbonyl (C=O) groups is 6. The molecule has 8 N–H and O–H groups in total. The van der Waals surface area contributed by atoms with E-state index < -0.39 is 44.4 Å². The highest BCUT2D eigenvalue weighted by Crippen LogP contribution is 2.40. The van der Waals surface area contributed by atoms with Crippen LogP contribution >= 0.6 is 23.5 Å². The molecule has 0 bridgehead atoms. The highest BCUT2D eigenvalue weighted by molar-refractivity contribution is 8.01. The Labute approximate surface area is 420 Å². The third kappa shape index (κ3) is 14.7. The van der Waals surface area contributed by atoms with Crippen LogP contribution in [0.2, 0.25) is 0 Å². The quantitative estimate of drug-likeness (QED) is 0.0568. The summed E-state index contributed by atoms with van der Waals surface area (Å²) in [4.78, 5) is 86.3. The monoisotopic (exact) mass is 992 g/mol. The summed E-state index contributed by atoms with van der Waals surface area (Å²) in [6.45, 7) is 8.34. The highest BCUT2D eigenvalue weighted by Gasteiger charge is 2.50. The lowest BCUT2D eigenvalue weighted by Crippen LogP contribution is -2.58. The van der Waals surface area contributed by atoms with Crippen LogP contribution in [0.4, 0.5) is 11.4 Å². The molecule has 2 saturated heterocycles. The molecule has 0 saturated carbocycles. The Balaban J connectivity index is 1.05. The Bertz CT molecular complexity index is 2250. The van der Waals surface area contributed by atoms with E-state index in [1.54, 1.807) is 0 Å². The largest absolute Gasteiger partial charge is 0.378 e. The second kappa shape index (κ2) is 24.2. The number of anilines is 2. The summed E-state index contributed by atoms with van der Waals surface area (Å²) >= 11 is 2.80. The topological polar surface area (TPSA) is 205 Å². The third-order valence-electron chi connectivity index (χ3n) is 12.2. The molecule has 0 aliphatic carbocycles. The Kier molecular flexibility index (Phi) is 18.4. The molecular weight excluding hydrogens is 925 g/mol. The van der Waals surface area contributed by atoms with Crippen LogP contribution in [0.5, 0.6) is 0 Å². The van der Waals surface area contributed by atoms with Crippen LogP contribution in [0.25, 0.3) is 0 Å². The minimum Gasteiger partial charge on any atom is -0.378 e. The SMILES string of the molecule is CN(C)c1ccc(CNC(=O)[C@@H](NC(=O)Cc2ccccc2)[C@@H]2N[C@@H](C(=O)NCCNC(=O)[C@@H]3N[C@@H]([C@H](NC(=O)Cc4ccccc4)C(=O)NCc4ccc(N(C)C)cc4)SC3(C)C)C(C)(C)S2)cc1. The minimum absolute atomic E-state index is 0.0776. The van der Waals surface area contributed by atoms with Gasteiger partial charge in [-0.15, -0.1) is 23.5 Å². The van der Waals surface area contributed by atoms with Crippen molar-refractivity contribution in [2.75, 3.05) is 51.1 Å². The van der Waals surface area contributed by atoms with Crippen molar-refractivity contribution in [3.63, 3.8) is 0 Å². The zero-order chi connectivity index (χ0) is 50.6. The fraction of sp³-hybridized carbons (Fsp3) is 0.423. The van der Waals surface area contributed by atoms with Crippen LogP contribution in [-0.4, -0.2) is 121 Å². The Morgan fingerprint density at radius 2 is 0.843 bits per heavy atom. The molecule has 16 nitrogen and oxygen atoms in total. The number of rotatable bonds is 21. The first-order chi connectivity index (χ1) is 33.3. The first-order valence-electron chi connectivity index (χ1n) is 23.5. The minimum atomic E-state index is -1.01. The molecule has 2 heterocycles. The van der Waals surface area contributed by atoms with Crippen LogP contribution in [-0.2, 0) is 54.7 Å². The number of amides is 6. The molecule has 2 fully saturated rings. The predicted octanol–water partition coefficient (Wildman–Crippen LogP) is 3.06. The molecular formula is C52H68N10O6S2. The van der Waals surface area contributed by atoms with Crippen molar-refractivity contribution in [3.05, 3.63) is 131 Å². The van der Waals surface area contributed by atoms with E-state index in [4.69, 9.17) is 0 Å². The van der Waals surface area contributed by atoms with Crippen LogP contribution in [0.1, 0.15) is 49.9 Å². The summed E-state index contributed by atoms with van der Waals surface area (Å²) in [7, 11) is 7.82. The van der Waals surface area contributed by atoms with Gasteiger partial charge in [-0.1, -0.05) is 84.9 Å². The smallest absolute Gasteiger partial charge is 0.245 e. The van der Waals surface area contributed by atoms with Gasteiger partial charge in [0, 0.05) is 75.2 Å². The summed E-state index contributed by atoms with van der Waals surface area (Å²) in [5, 5.41) is 23.1. The van der Waals surface area contributed by atoms with Crippen LogP contribution in [0.15, 0.2) is 109 Å². The van der Waals surface area contributed by atoms with Gasteiger partial charge in [0.1, 0.15) is 24.2 Å². The fourth-order valence-electron chi connectivity index (χ4n) is 8.27. The van der Waals surface area contributed by atoms with Crippen LogP contribution in [0.3, 0.4) is 0 Å². The molecule has 6 amide bonds. The number of nitrogens with one attached hydrogen (secondary N) is 8. The number of carbonyl (C=O) groups excluding carboxylic acids is 6. The molecule has 0 unspecified atom stereocenters. The second-order valence-electron chi connectivity index (χ2n) is 19.0. The van der Waals surface area contributed by atoms with Gasteiger partial charge in [-0.3, -0.25) is 39.4 Å². The van der Waals surface area contributed by atoms with Crippen molar-refractivity contribution < 1.29 is 28.8 Å². The molecule has 0 radical (unpaired) electrons. The van der Waals surface area contributed by atoms with E-state index in [9.17, 15) is 28.8 Å². The Morgan fingerprint density at radius 3 is 1.17 bits per heavy atom. The highest BCUT2D eigenvalue weighted by atomic mass is 32.2. The van der Waals surface area contributed by atoms with Gasteiger partial charge >= 0.3 is 0 Å². The Hall–Kier alpha value is -6.08. The molecule has 0 aromatic heterocycles. The number of thioether (sulfide) groups is 2. The second-order valence-corrected chi connectivity index (χ2v) is 22.6. The van der Waals surface area contributed by atoms with Crippen molar-refractivity contribution in [3.8, 4) is 0 Å². The van der Waals surface area contributed by atoms with Crippen LogP contribution in [0, 0.1) is 0 Å². The maximum Gasteiger partial charge on any atom is 0.245 e. The van der Waals surface area contributed by atoms with Crippen molar-refractivity contribution in [2.45, 2.75) is 98.0 Å². The lowest BCUT2D eigenvalue weighted by Gasteiger charge is -2.25. The first kappa shape index (κ1) is 53.3. The number of benzene rings is 4. The molecule has 2 aliphatic heterocycles. The summed E-state index contributed by atoms with van der Waals surface area (Å²) in [5.41, 5.74) is 5.44. The lowest BCUT2D eigenvalue weighted by atomic mass is 10.0. The van der Waals surface area contributed by atoms with Gasteiger partial charge in [0.05, 0.1) is 23.6 Å². The Morgan fingerprint density at radius 1 is 0.500 bits per heavy atom. The van der Waals surface area contributed by atoms with Crippen LogP contribution < -0.4 is 52.3 Å². The lowest BCUT2D eigenvalue weighted by molar-refractivity contribution is -0.129. The number of hydrogen-bond acceptors (Lipinski definition) is 12. The van der Waals surface area contributed by atoms with E-state index in [2.05, 4.69) is 42.5 Å². The van der Waals surface area contributed by atoms with Crippen molar-refractivity contribution in [1.29, 1.82) is 0 Å². The zero-order valence-corrected chi connectivity index (χ0v) is 42.9. The summed E-state index contributed by atoms with van der Waals surface area (Å²) in [5.74, 6) is -2.09. The van der Waals surface area contributed by atoms with E-state index >= 15 is 0 Å². The maximum atomic E-state index is 13.9. The van der Waals surface area contributed by atoms with Gasteiger partial charge in [-0.2, -0.15) is 0 Å². The van der Waals surface area contributed by atoms with E-state index in [1.165, 1.54) is 23.5 Å². The van der Waals surface area contributed by atoms with E-state index in [0.717, 1.165) is 33.6 Å². The molecule has 70 heavy (non-hydrogen) atoms. The van der Waals surface area contributed by atoms with E-state index in [1.807, 2.05) is 175 Å². The molecule has 18 heteroatoms. The summed E-state index contributed by atoms with van der Waals surface area (Å²) in [6, 6.07) is 30.7. The maximum absolute atomic E-state index is 13.9. The van der Waals surface area contributed by atoms with Crippen molar-refractivity contribution >= 4 is 70.3 Å². The third-order valence-corrected chi connectivity index (χ3v) is 15.2. The van der Waals surface area contributed by atoms with Crippen molar-refractivity contribution in [2.24, 2.45) is 0 Å². The molecule has 6 atom stereocenters. The van der Waals surface area contributed by atoms with Gasteiger partial charge in [0.2, 0.25) is 35.4 Å². The summed E-state index contributed by atoms with van der Waals surface area (Å²) < 4.78 is -1.38. The van der Waals surface area contributed by atoms with E-state index in [-0.39, 0.29) is 74.5 Å². The summed E-state index contributed by atoms with van der Waals surface area (Å²) in [6.07, 6.45) is 0.155. The normalized spacial score (nSPS) is 19.7. The average Bonchev–Trinajstić information content (AvgIpc) is 3.83. The fourth-order valence-corrected chi connectivity index (χ4v) is 11.3. The molecule has 2 aliphatic rings. The molecule has 374 valence electrons. The predicted molar refractivity (Wildman–Crippen MR) is 280 cm³/mol. The van der Waals surface area contributed by atoms with Crippen molar-refractivity contribution in [1.82, 2.24) is 42.5 Å². The standard InChI is InChI=1S/C52H68N10O6S2/c1-51(2)43(59-49(69-51)41(57-39(63)29-33-15-11-9-12-16-33)45(65)55-31-35-19-23-37(24-20-35)61(5)6)47(67)53-27-28-54-48(68)44-52(3,4)70-50(60-44)42(58-40(64)30-34-17-13-10-14-18-34)46(66)56-32-36-21-25-38(26-22-36)62(7)8/h9-26,41-44,49-50,59-60H,27-32H2,1-8H3,(H,53,67)(H,54,68)(H,55,65)(H,56,66)(H,57,63)(H,58,64)/t41-,42-,43+,44+,49-,50-/m1/s1. The van der Waals surface area contributed by atoms with Gasteiger partial charge in [-0.25, -0.2) is 0 Å². The zero-order valence-electron chi connectivity index (χ0n) is 41.3. The van der Waals surface area contributed by atoms with Gasteiger partial charge < -0.3 is 41.7 Å². The molecule has 0 spiro atoms. The average molecular weight is 993 g/mol. The van der Waals surface area contributed by atoms with Gasteiger partial charge in [-0.05, 0) is 74.2 Å². The molecule has 6 rings (SSSR count).